The molecule has 0 amide bonds. The van der Waals surface area contributed by atoms with Crippen molar-refractivity contribution < 1.29 is 54.9 Å². The van der Waals surface area contributed by atoms with Gasteiger partial charge in [0.25, 0.3) is 0 Å². The van der Waals surface area contributed by atoms with E-state index in [9.17, 15) is 35.9 Å². The number of hydrogen-bond acceptors (Lipinski definition) is 6. The molecule has 4 rings (SSSR count). The number of benzene rings is 4. The number of methoxy groups -OCH3 is 4. The van der Waals surface area contributed by atoms with Crippen LogP contribution in [0.3, 0.4) is 0 Å². The zero-order valence-corrected chi connectivity index (χ0v) is 24.4. The SMILES string of the molecule is COC(=O)c1cc(-c2ccc(C(F)(F)F)cc2)cc(Cc2cc(-c3ccc(C(F)(F)F)cc3)cc(C(=O)OC)c2OC)c1OC. The third kappa shape index (κ3) is 7.05. The minimum atomic E-state index is -4.55. The van der Waals surface area contributed by atoms with Crippen LogP contribution in [0.25, 0.3) is 22.3 Å². The van der Waals surface area contributed by atoms with Crippen LogP contribution in [0.15, 0.2) is 72.8 Å². The second kappa shape index (κ2) is 12.9. The van der Waals surface area contributed by atoms with Crippen molar-refractivity contribution in [3.63, 3.8) is 0 Å². The van der Waals surface area contributed by atoms with Gasteiger partial charge in [0.15, 0.2) is 0 Å². The summed E-state index contributed by atoms with van der Waals surface area (Å²) in [6.07, 6.45) is -9.15. The van der Waals surface area contributed by atoms with E-state index >= 15 is 0 Å². The average Bonchev–Trinajstić information content (AvgIpc) is 3.02. The number of rotatable bonds is 8. The van der Waals surface area contributed by atoms with Crippen LogP contribution in [0, 0.1) is 0 Å². The highest BCUT2D eigenvalue weighted by Crippen LogP contribution is 2.39. The minimum Gasteiger partial charge on any atom is -0.496 e. The summed E-state index contributed by atoms with van der Waals surface area (Å²) in [6, 6.07) is 14.8. The van der Waals surface area contributed by atoms with Crippen molar-refractivity contribution in [3.05, 3.63) is 106 Å². The molecule has 0 aliphatic carbocycles. The Hall–Kier alpha value is -5.00. The summed E-state index contributed by atoms with van der Waals surface area (Å²) in [5.74, 6) is -1.36. The molecule has 0 heterocycles. The fourth-order valence-corrected chi connectivity index (χ4v) is 4.89. The molecule has 0 unspecified atom stereocenters. The van der Waals surface area contributed by atoms with Crippen LogP contribution in [0.2, 0.25) is 0 Å². The summed E-state index contributed by atoms with van der Waals surface area (Å²) < 4.78 is 100. The van der Waals surface area contributed by atoms with Crippen LogP contribution in [-0.2, 0) is 28.2 Å². The molecule has 0 aliphatic heterocycles. The smallest absolute Gasteiger partial charge is 0.416 e. The van der Waals surface area contributed by atoms with Gasteiger partial charge in [-0.25, -0.2) is 9.59 Å². The Morgan fingerprint density at radius 3 is 1.13 bits per heavy atom. The largest absolute Gasteiger partial charge is 0.496 e. The maximum absolute atomic E-state index is 13.2. The summed E-state index contributed by atoms with van der Waals surface area (Å²) in [5, 5.41) is 0. The molecular weight excluding hydrogens is 606 g/mol. The van der Waals surface area contributed by atoms with Crippen molar-refractivity contribution >= 4 is 11.9 Å². The van der Waals surface area contributed by atoms with Gasteiger partial charge in [0.1, 0.15) is 22.6 Å². The summed E-state index contributed by atoms with van der Waals surface area (Å²) in [4.78, 5) is 25.6. The first-order valence-corrected chi connectivity index (χ1v) is 13.2. The molecule has 0 saturated heterocycles. The second-order valence-corrected chi connectivity index (χ2v) is 9.74. The van der Waals surface area contributed by atoms with E-state index < -0.39 is 35.4 Å². The van der Waals surface area contributed by atoms with Gasteiger partial charge >= 0.3 is 24.3 Å². The van der Waals surface area contributed by atoms with E-state index in [-0.39, 0.29) is 29.0 Å². The van der Waals surface area contributed by atoms with Gasteiger partial charge in [0.05, 0.1) is 39.6 Å². The molecule has 4 aromatic rings. The van der Waals surface area contributed by atoms with E-state index in [1.165, 1.54) is 50.6 Å². The number of hydrogen-bond donors (Lipinski definition) is 0. The number of esters is 2. The fourth-order valence-electron chi connectivity index (χ4n) is 4.89. The lowest BCUT2D eigenvalue weighted by atomic mass is 9.91. The molecule has 0 N–H and O–H groups in total. The van der Waals surface area contributed by atoms with Gasteiger partial charge < -0.3 is 18.9 Å². The standard InChI is InChI=1S/C33H26F6O6/c1-42-28-22(13-20(16-26(28)30(40)44-3)18-5-9-24(10-6-18)32(34,35)36)15-23-14-21(17-27(29(23)43-2)31(41)45-4)19-7-11-25(12-8-19)33(37,38)39/h5-14,16-17H,15H2,1-4H3. The highest BCUT2D eigenvalue weighted by Gasteiger charge is 2.31. The lowest BCUT2D eigenvalue weighted by molar-refractivity contribution is -0.138. The van der Waals surface area contributed by atoms with Gasteiger partial charge in [-0.05, 0) is 70.8 Å². The van der Waals surface area contributed by atoms with Crippen molar-refractivity contribution in [1.29, 1.82) is 0 Å². The third-order valence-corrected chi connectivity index (χ3v) is 7.02. The number of carbonyl (C=O) groups excluding carboxylic acids is 2. The van der Waals surface area contributed by atoms with E-state index in [1.807, 2.05) is 0 Å². The molecule has 4 aromatic carbocycles. The molecule has 0 spiro atoms. The summed E-state index contributed by atoms with van der Waals surface area (Å²) in [7, 11) is 4.95. The van der Waals surface area contributed by atoms with E-state index in [0.717, 1.165) is 38.5 Å². The molecule has 236 valence electrons. The average molecular weight is 633 g/mol. The Balaban J connectivity index is 1.92. The molecule has 0 aliphatic rings. The lowest BCUT2D eigenvalue weighted by Crippen LogP contribution is -2.10. The molecule has 0 fully saturated rings. The summed E-state index contributed by atoms with van der Waals surface area (Å²) in [5.41, 5.74) is 0.453. The van der Waals surface area contributed by atoms with Gasteiger partial charge in [0, 0.05) is 17.5 Å². The van der Waals surface area contributed by atoms with E-state index in [2.05, 4.69) is 0 Å². The van der Waals surface area contributed by atoms with E-state index in [1.54, 1.807) is 12.1 Å². The summed E-state index contributed by atoms with van der Waals surface area (Å²) >= 11 is 0. The molecule has 45 heavy (non-hydrogen) atoms. The predicted octanol–water partition coefficient (Wildman–Crippen LogP) is 8.24. The van der Waals surface area contributed by atoms with Gasteiger partial charge in [-0.1, -0.05) is 24.3 Å². The molecule has 0 aromatic heterocycles. The molecule has 0 radical (unpaired) electrons. The van der Waals surface area contributed by atoms with Crippen molar-refractivity contribution in [2.24, 2.45) is 0 Å². The van der Waals surface area contributed by atoms with Crippen LogP contribution in [0.5, 0.6) is 11.5 Å². The molecule has 6 nitrogen and oxygen atoms in total. The van der Waals surface area contributed by atoms with Gasteiger partial charge in [-0.2, -0.15) is 26.3 Å². The Kier molecular flexibility index (Phi) is 9.45. The number of alkyl halides is 6. The zero-order valence-electron chi connectivity index (χ0n) is 24.4. The van der Waals surface area contributed by atoms with Crippen molar-refractivity contribution in [2.45, 2.75) is 18.8 Å². The first-order valence-electron chi connectivity index (χ1n) is 13.2. The monoisotopic (exact) mass is 632 g/mol. The van der Waals surface area contributed by atoms with Crippen LogP contribution in [0.4, 0.5) is 26.3 Å². The van der Waals surface area contributed by atoms with Gasteiger partial charge in [-0.3, -0.25) is 0 Å². The number of halogens is 6. The Labute approximate surface area is 254 Å². The molecule has 12 heteroatoms. The van der Waals surface area contributed by atoms with Crippen molar-refractivity contribution in [3.8, 4) is 33.8 Å². The van der Waals surface area contributed by atoms with Crippen LogP contribution in [-0.4, -0.2) is 40.4 Å². The van der Waals surface area contributed by atoms with Crippen molar-refractivity contribution in [2.75, 3.05) is 28.4 Å². The Morgan fingerprint density at radius 1 is 0.533 bits per heavy atom. The van der Waals surface area contributed by atoms with E-state index in [4.69, 9.17) is 18.9 Å². The minimum absolute atomic E-state index is 0.0153. The maximum atomic E-state index is 13.2. The first kappa shape index (κ1) is 32.9. The van der Waals surface area contributed by atoms with Gasteiger partial charge in [0.2, 0.25) is 0 Å². The van der Waals surface area contributed by atoms with E-state index in [0.29, 0.717) is 33.4 Å². The Morgan fingerprint density at radius 2 is 0.867 bits per heavy atom. The quantitative estimate of drug-likeness (QED) is 0.144. The van der Waals surface area contributed by atoms with Gasteiger partial charge in [-0.15, -0.1) is 0 Å². The normalized spacial score (nSPS) is 11.6. The topological polar surface area (TPSA) is 71.1 Å². The lowest BCUT2D eigenvalue weighted by Gasteiger charge is -2.19. The highest BCUT2D eigenvalue weighted by molar-refractivity contribution is 5.96. The predicted molar refractivity (Wildman–Crippen MR) is 152 cm³/mol. The van der Waals surface area contributed by atoms with Crippen LogP contribution >= 0.6 is 0 Å². The fraction of sp³-hybridized carbons (Fsp3) is 0.212. The van der Waals surface area contributed by atoms with Crippen LogP contribution in [0.1, 0.15) is 43.0 Å². The maximum Gasteiger partial charge on any atom is 0.416 e. The first-order chi connectivity index (χ1) is 21.2. The second-order valence-electron chi connectivity index (χ2n) is 9.74. The molecule has 0 atom stereocenters. The zero-order chi connectivity index (χ0) is 33.1. The third-order valence-electron chi connectivity index (χ3n) is 7.02. The number of ether oxygens (including phenoxy) is 4. The number of carbonyl (C=O) groups is 2. The molecule has 0 saturated carbocycles. The molecule has 0 bridgehead atoms. The van der Waals surface area contributed by atoms with Crippen LogP contribution < -0.4 is 9.47 Å². The Bertz CT molecular complexity index is 1580. The van der Waals surface area contributed by atoms with Crippen molar-refractivity contribution in [1.82, 2.24) is 0 Å². The summed E-state index contributed by atoms with van der Waals surface area (Å²) in [6.45, 7) is 0. The highest BCUT2D eigenvalue weighted by atomic mass is 19.4. The molecular formula is C33H26F6O6.